The second-order valence-corrected chi connectivity index (χ2v) is 8.19. The Morgan fingerprint density at radius 1 is 1.22 bits per heavy atom. The van der Waals surface area contributed by atoms with E-state index in [4.69, 9.17) is 16.0 Å². The average Bonchev–Trinajstić information content (AvgIpc) is 3.09. The Kier molecular flexibility index (Phi) is 8.06. The molecular formula is C19H23ClN2O4S. The number of hydrogen-bond acceptors (Lipinski definition) is 4. The summed E-state index contributed by atoms with van der Waals surface area (Å²) in [4.78, 5) is 23.9. The Bertz CT molecular complexity index is 808. The molecule has 1 aromatic carbocycles. The van der Waals surface area contributed by atoms with Gasteiger partial charge in [0.25, 0.3) is 0 Å². The molecule has 0 saturated carbocycles. The monoisotopic (exact) mass is 410 g/mol. The van der Waals surface area contributed by atoms with E-state index in [1.165, 1.54) is 0 Å². The molecule has 2 rings (SSSR count). The van der Waals surface area contributed by atoms with E-state index in [1.54, 1.807) is 24.5 Å². The summed E-state index contributed by atoms with van der Waals surface area (Å²) < 4.78 is 17.3. The van der Waals surface area contributed by atoms with Gasteiger partial charge in [-0.1, -0.05) is 17.7 Å². The first-order valence-electron chi connectivity index (χ1n) is 8.56. The van der Waals surface area contributed by atoms with Crippen molar-refractivity contribution in [1.29, 1.82) is 0 Å². The molecule has 8 heteroatoms. The van der Waals surface area contributed by atoms with Gasteiger partial charge in [-0.25, -0.2) is 0 Å². The molecule has 0 fully saturated rings. The first kappa shape index (κ1) is 21.2. The molecule has 0 unspecified atom stereocenters. The Balaban J connectivity index is 1.71. The van der Waals surface area contributed by atoms with Gasteiger partial charge in [-0.15, -0.1) is 0 Å². The molecule has 2 amide bonds. The van der Waals surface area contributed by atoms with Crippen molar-refractivity contribution in [2.45, 2.75) is 32.7 Å². The SMILES string of the molecule is Cc1ccc(NC(=O)C[S@@](=O)CC(=O)N[C@H](C)CCc2ccco2)cc1Cl. The average molecular weight is 411 g/mol. The third kappa shape index (κ3) is 7.56. The zero-order valence-electron chi connectivity index (χ0n) is 15.3. The molecule has 0 bridgehead atoms. The molecule has 27 heavy (non-hydrogen) atoms. The van der Waals surface area contributed by atoms with Crippen LogP contribution in [0.1, 0.15) is 24.7 Å². The third-order valence-corrected chi connectivity index (χ3v) is 5.43. The van der Waals surface area contributed by atoms with Gasteiger partial charge in [-0.3, -0.25) is 13.8 Å². The van der Waals surface area contributed by atoms with Crippen LogP contribution in [0.15, 0.2) is 41.0 Å². The van der Waals surface area contributed by atoms with E-state index in [9.17, 15) is 13.8 Å². The molecule has 0 saturated heterocycles. The molecule has 0 aliphatic heterocycles. The highest BCUT2D eigenvalue weighted by atomic mass is 35.5. The molecule has 2 aromatic rings. The minimum atomic E-state index is -1.59. The first-order valence-corrected chi connectivity index (χ1v) is 10.4. The summed E-state index contributed by atoms with van der Waals surface area (Å²) in [5.74, 6) is -0.377. The van der Waals surface area contributed by atoms with Crippen molar-refractivity contribution in [1.82, 2.24) is 5.32 Å². The van der Waals surface area contributed by atoms with Crippen LogP contribution in [0.4, 0.5) is 5.69 Å². The Morgan fingerprint density at radius 2 is 1.96 bits per heavy atom. The molecule has 0 aliphatic rings. The molecule has 1 aromatic heterocycles. The highest BCUT2D eigenvalue weighted by molar-refractivity contribution is 7.86. The topological polar surface area (TPSA) is 88.4 Å². The lowest BCUT2D eigenvalue weighted by molar-refractivity contribution is -0.119. The van der Waals surface area contributed by atoms with Crippen molar-refractivity contribution >= 4 is 39.9 Å². The number of rotatable bonds is 9. The lowest BCUT2D eigenvalue weighted by atomic mass is 10.1. The first-order chi connectivity index (χ1) is 12.8. The van der Waals surface area contributed by atoms with E-state index in [0.29, 0.717) is 23.6 Å². The van der Waals surface area contributed by atoms with Gasteiger partial charge in [0.05, 0.1) is 6.26 Å². The number of anilines is 1. The van der Waals surface area contributed by atoms with Crippen LogP contribution in [0, 0.1) is 6.92 Å². The van der Waals surface area contributed by atoms with E-state index < -0.39 is 16.7 Å². The second kappa shape index (κ2) is 10.3. The zero-order chi connectivity index (χ0) is 19.8. The fourth-order valence-corrected chi connectivity index (χ4v) is 3.44. The minimum absolute atomic E-state index is 0.0804. The van der Waals surface area contributed by atoms with Gasteiger partial charge in [0, 0.05) is 34.0 Å². The number of hydrogen-bond donors (Lipinski definition) is 2. The third-order valence-electron chi connectivity index (χ3n) is 3.85. The molecule has 0 aliphatic carbocycles. The summed E-state index contributed by atoms with van der Waals surface area (Å²) in [6.07, 6.45) is 3.02. The van der Waals surface area contributed by atoms with Gasteiger partial charge < -0.3 is 15.1 Å². The summed E-state index contributed by atoms with van der Waals surface area (Å²) in [7, 11) is -1.59. The second-order valence-electron chi connectivity index (χ2n) is 6.33. The van der Waals surface area contributed by atoms with E-state index >= 15 is 0 Å². The Morgan fingerprint density at radius 3 is 2.63 bits per heavy atom. The predicted molar refractivity (Wildman–Crippen MR) is 107 cm³/mol. The van der Waals surface area contributed by atoms with Crippen LogP contribution in [0.3, 0.4) is 0 Å². The largest absolute Gasteiger partial charge is 0.469 e. The van der Waals surface area contributed by atoms with Gasteiger partial charge in [-0.2, -0.15) is 0 Å². The number of halogens is 1. The van der Waals surface area contributed by atoms with Gasteiger partial charge >= 0.3 is 0 Å². The van der Waals surface area contributed by atoms with Gasteiger partial charge in [0.2, 0.25) is 11.8 Å². The maximum absolute atomic E-state index is 12.0. The van der Waals surface area contributed by atoms with Crippen molar-refractivity contribution in [2.75, 3.05) is 16.8 Å². The number of furan rings is 1. The van der Waals surface area contributed by atoms with Crippen LogP contribution in [-0.2, 0) is 26.8 Å². The predicted octanol–water partition coefficient (Wildman–Crippen LogP) is 3.07. The molecule has 0 spiro atoms. The van der Waals surface area contributed by atoms with Crippen LogP contribution in [-0.4, -0.2) is 33.6 Å². The smallest absolute Gasteiger partial charge is 0.237 e. The maximum Gasteiger partial charge on any atom is 0.237 e. The van der Waals surface area contributed by atoms with Gasteiger partial charge in [0.15, 0.2) is 0 Å². The summed E-state index contributed by atoms with van der Waals surface area (Å²) in [6, 6.07) is 8.75. The van der Waals surface area contributed by atoms with Crippen LogP contribution in [0.25, 0.3) is 0 Å². The molecule has 2 atom stereocenters. The number of aryl methyl sites for hydroxylation is 2. The summed E-state index contributed by atoms with van der Waals surface area (Å²) in [5, 5.41) is 5.96. The molecule has 2 N–H and O–H groups in total. The van der Waals surface area contributed by atoms with Crippen molar-refractivity contribution in [2.24, 2.45) is 0 Å². The molecule has 6 nitrogen and oxygen atoms in total. The lowest BCUT2D eigenvalue weighted by Crippen LogP contribution is -2.37. The summed E-state index contributed by atoms with van der Waals surface area (Å²) in [6.45, 7) is 3.73. The number of benzene rings is 1. The quantitative estimate of drug-likeness (QED) is 0.664. The van der Waals surface area contributed by atoms with Crippen LogP contribution < -0.4 is 10.6 Å². The minimum Gasteiger partial charge on any atom is -0.469 e. The van der Waals surface area contributed by atoms with E-state index in [2.05, 4.69) is 10.6 Å². The Labute approximate surface area is 166 Å². The van der Waals surface area contributed by atoms with Crippen molar-refractivity contribution in [3.63, 3.8) is 0 Å². The maximum atomic E-state index is 12.0. The molecule has 146 valence electrons. The van der Waals surface area contributed by atoms with Crippen molar-refractivity contribution in [3.8, 4) is 0 Å². The van der Waals surface area contributed by atoms with Gasteiger partial charge in [0.1, 0.15) is 17.3 Å². The van der Waals surface area contributed by atoms with E-state index in [1.807, 2.05) is 26.0 Å². The number of carbonyl (C=O) groups is 2. The summed E-state index contributed by atoms with van der Waals surface area (Å²) >= 11 is 6.01. The fraction of sp³-hybridized carbons (Fsp3) is 0.368. The number of nitrogens with one attached hydrogen (secondary N) is 2. The fourth-order valence-electron chi connectivity index (χ4n) is 2.41. The van der Waals surface area contributed by atoms with Crippen LogP contribution in [0.2, 0.25) is 5.02 Å². The normalized spacial score (nSPS) is 13.0. The number of amides is 2. The number of carbonyl (C=O) groups excluding carboxylic acids is 2. The van der Waals surface area contributed by atoms with E-state index in [-0.39, 0.29) is 23.5 Å². The Hall–Kier alpha value is -2.12. The highest BCUT2D eigenvalue weighted by Gasteiger charge is 2.15. The summed E-state index contributed by atoms with van der Waals surface area (Å²) in [5.41, 5.74) is 1.43. The van der Waals surface area contributed by atoms with E-state index in [0.717, 1.165) is 11.3 Å². The standard InChI is InChI=1S/C19H23ClN2O4S/c1-13-5-7-15(10-17(13)20)22-19(24)12-27(25)11-18(23)21-14(2)6-8-16-4-3-9-26-16/h3-5,7,9-10,14H,6,8,11-12H2,1-2H3,(H,21,23)(H,22,24)/t14-,27+/m1/s1. The molecule has 0 radical (unpaired) electrons. The lowest BCUT2D eigenvalue weighted by Gasteiger charge is -2.13. The van der Waals surface area contributed by atoms with Crippen LogP contribution >= 0.6 is 11.6 Å². The molecule has 1 heterocycles. The molecular weight excluding hydrogens is 388 g/mol. The van der Waals surface area contributed by atoms with Crippen LogP contribution in [0.5, 0.6) is 0 Å². The van der Waals surface area contributed by atoms with Crippen molar-refractivity contribution < 1.29 is 18.2 Å². The van der Waals surface area contributed by atoms with Gasteiger partial charge in [-0.05, 0) is 50.1 Å². The van der Waals surface area contributed by atoms with Crippen molar-refractivity contribution in [3.05, 3.63) is 52.9 Å². The highest BCUT2D eigenvalue weighted by Crippen LogP contribution is 2.19. The zero-order valence-corrected chi connectivity index (χ0v) is 16.9.